The van der Waals surface area contributed by atoms with Gasteiger partial charge in [0.2, 0.25) is 0 Å². The largest absolute Gasteiger partial charge is 0.347 e. The molecule has 4 atom stereocenters. The summed E-state index contributed by atoms with van der Waals surface area (Å²) in [7, 11) is 0. The standard InChI is InChI=1S/C22H27FN4O2/c23-17-5-3-16(4-6-17)20(28)26-22-8-7-15(12-22)11-18(13-22)25-19(14-24)21(29)27-9-1-2-10-27/h3-6,15,18-19,25H,1-2,7-13H2,(H,26,28)/t15?,18?,19?,22-/m0/s1. The van der Waals surface area contributed by atoms with E-state index in [1.807, 2.05) is 0 Å². The fraction of sp³-hybridized carbons (Fsp3) is 0.591. The molecule has 1 heterocycles. The third-order valence-electron chi connectivity index (χ3n) is 6.65. The zero-order valence-electron chi connectivity index (χ0n) is 16.5. The lowest BCUT2D eigenvalue weighted by atomic mass is 9.79. The summed E-state index contributed by atoms with van der Waals surface area (Å²) in [5.74, 6) is -0.229. The number of nitrogens with one attached hydrogen (secondary N) is 2. The molecule has 0 spiro atoms. The van der Waals surface area contributed by atoms with Gasteiger partial charge in [-0.1, -0.05) is 0 Å². The average molecular weight is 398 g/mol. The topological polar surface area (TPSA) is 85.2 Å². The number of carbonyl (C=O) groups is 2. The Bertz CT molecular complexity index is 815. The highest BCUT2D eigenvalue weighted by molar-refractivity contribution is 5.94. The van der Waals surface area contributed by atoms with Crippen molar-refractivity contribution in [2.45, 2.75) is 62.6 Å². The maximum atomic E-state index is 13.1. The molecule has 29 heavy (non-hydrogen) atoms. The monoisotopic (exact) mass is 398 g/mol. The number of halogens is 1. The van der Waals surface area contributed by atoms with Crippen LogP contribution in [0.2, 0.25) is 0 Å². The first-order valence-electron chi connectivity index (χ1n) is 10.5. The van der Waals surface area contributed by atoms with Crippen LogP contribution in [0.4, 0.5) is 4.39 Å². The van der Waals surface area contributed by atoms with Crippen LogP contribution in [0.15, 0.2) is 24.3 Å². The van der Waals surface area contributed by atoms with Gasteiger partial charge in [0.15, 0.2) is 6.04 Å². The zero-order chi connectivity index (χ0) is 20.4. The van der Waals surface area contributed by atoms with E-state index in [0.717, 1.165) is 51.6 Å². The number of fused-ring (bicyclic) bond motifs is 2. The SMILES string of the molecule is N#CC(NC1CC2CC[C@](NC(=O)c3ccc(F)cc3)(C2)C1)C(=O)N1CCCC1. The fourth-order valence-corrected chi connectivity index (χ4v) is 5.31. The summed E-state index contributed by atoms with van der Waals surface area (Å²) < 4.78 is 13.1. The molecule has 4 rings (SSSR count). The van der Waals surface area contributed by atoms with Gasteiger partial charge in [0.05, 0.1) is 6.07 Å². The van der Waals surface area contributed by atoms with Crippen molar-refractivity contribution in [3.8, 4) is 6.07 Å². The van der Waals surface area contributed by atoms with Gasteiger partial charge in [-0.05, 0) is 75.1 Å². The van der Waals surface area contributed by atoms with E-state index in [1.165, 1.54) is 24.3 Å². The summed E-state index contributed by atoms with van der Waals surface area (Å²) in [6.07, 6.45) is 6.43. The molecule has 3 aliphatic rings. The first kappa shape index (κ1) is 19.8. The molecule has 1 aliphatic heterocycles. The van der Waals surface area contributed by atoms with Crippen molar-refractivity contribution in [2.75, 3.05) is 13.1 Å². The molecule has 1 aromatic carbocycles. The van der Waals surface area contributed by atoms with Gasteiger partial charge >= 0.3 is 0 Å². The van der Waals surface area contributed by atoms with Gasteiger partial charge in [0.1, 0.15) is 5.82 Å². The van der Waals surface area contributed by atoms with Gasteiger partial charge in [-0.3, -0.25) is 14.9 Å². The first-order chi connectivity index (χ1) is 14.0. The van der Waals surface area contributed by atoms with Gasteiger partial charge in [0, 0.05) is 30.2 Å². The molecule has 3 fully saturated rings. The van der Waals surface area contributed by atoms with Crippen molar-refractivity contribution < 1.29 is 14.0 Å². The third-order valence-corrected chi connectivity index (χ3v) is 6.65. The molecule has 0 radical (unpaired) electrons. The lowest BCUT2D eigenvalue weighted by molar-refractivity contribution is -0.131. The van der Waals surface area contributed by atoms with Crippen molar-refractivity contribution >= 4 is 11.8 Å². The lowest BCUT2D eigenvalue weighted by Crippen LogP contribution is -2.56. The summed E-state index contributed by atoms with van der Waals surface area (Å²) in [5.41, 5.74) is 0.112. The van der Waals surface area contributed by atoms with Crippen LogP contribution in [-0.2, 0) is 4.79 Å². The second-order valence-electron chi connectivity index (χ2n) is 8.75. The molecule has 2 saturated carbocycles. The Morgan fingerprint density at radius 1 is 1.21 bits per heavy atom. The maximum absolute atomic E-state index is 13.1. The van der Waals surface area contributed by atoms with Crippen molar-refractivity contribution in [3.05, 3.63) is 35.6 Å². The average Bonchev–Trinajstić information content (AvgIpc) is 3.34. The minimum Gasteiger partial charge on any atom is -0.347 e. The van der Waals surface area contributed by atoms with Crippen LogP contribution in [0.1, 0.15) is 55.3 Å². The molecular formula is C22H27FN4O2. The number of nitrogens with zero attached hydrogens (tertiary/aromatic N) is 2. The van der Waals surface area contributed by atoms with Crippen molar-refractivity contribution in [1.29, 1.82) is 5.26 Å². The molecule has 0 aromatic heterocycles. The smallest absolute Gasteiger partial charge is 0.254 e. The van der Waals surface area contributed by atoms with Crippen LogP contribution < -0.4 is 10.6 Å². The Morgan fingerprint density at radius 2 is 1.93 bits per heavy atom. The van der Waals surface area contributed by atoms with Crippen LogP contribution >= 0.6 is 0 Å². The Balaban J connectivity index is 1.42. The molecule has 154 valence electrons. The maximum Gasteiger partial charge on any atom is 0.254 e. The molecule has 7 heteroatoms. The van der Waals surface area contributed by atoms with Crippen molar-refractivity contribution in [2.24, 2.45) is 5.92 Å². The zero-order valence-corrected chi connectivity index (χ0v) is 16.5. The quantitative estimate of drug-likeness (QED) is 0.797. The molecule has 2 amide bonds. The second kappa shape index (κ2) is 8.11. The van der Waals surface area contributed by atoms with E-state index < -0.39 is 6.04 Å². The van der Waals surface area contributed by atoms with Crippen LogP contribution in [0, 0.1) is 23.1 Å². The van der Waals surface area contributed by atoms with Gasteiger partial charge in [-0.15, -0.1) is 0 Å². The molecule has 1 aromatic rings. The summed E-state index contributed by atoms with van der Waals surface area (Å²) >= 11 is 0. The Morgan fingerprint density at radius 3 is 2.62 bits per heavy atom. The van der Waals surface area contributed by atoms with Crippen molar-refractivity contribution in [1.82, 2.24) is 15.5 Å². The summed E-state index contributed by atoms with van der Waals surface area (Å²) in [6.45, 7) is 1.45. The highest BCUT2D eigenvalue weighted by Crippen LogP contribution is 2.45. The van der Waals surface area contributed by atoms with Gasteiger partial charge in [-0.2, -0.15) is 5.26 Å². The molecule has 6 nitrogen and oxygen atoms in total. The van der Waals surface area contributed by atoms with E-state index in [4.69, 9.17) is 0 Å². The Hall–Kier alpha value is -2.46. The van der Waals surface area contributed by atoms with E-state index in [9.17, 15) is 19.2 Å². The number of carbonyl (C=O) groups excluding carboxylic acids is 2. The predicted molar refractivity (Wildman–Crippen MR) is 105 cm³/mol. The minimum absolute atomic E-state index is 0.0148. The number of amides is 2. The highest BCUT2D eigenvalue weighted by Gasteiger charge is 2.47. The lowest BCUT2D eigenvalue weighted by Gasteiger charge is -2.39. The molecular weight excluding hydrogens is 371 g/mol. The number of benzene rings is 1. The van der Waals surface area contributed by atoms with Crippen LogP contribution in [0.3, 0.4) is 0 Å². The van der Waals surface area contributed by atoms with E-state index in [2.05, 4.69) is 16.7 Å². The Labute approximate surface area is 170 Å². The summed E-state index contributed by atoms with van der Waals surface area (Å²) in [4.78, 5) is 27.1. The fourth-order valence-electron chi connectivity index (χ4n) is 5.31. The summed E-state index contributed by atoms with van der Waals surface area (Å²) in [6, 6.07) is 6.88. The molecule has 3 unspecified atom stereocenters. The first-order valence-corrected chi connectivity index (χ1v) is 10.5. The highest BCUT2D eigenvalue weighted by atomic mass is 19.1. The predicted octanol–water partition coefficient (Wildman–Crippen LogP) is 2.36. The molecule has 1 saturated heterocycles. The number of hydrogen-bond donors (Lipinski definition) is 2. The molecule has 2 aliphatic carbocycles. The number of nitriles is 1. The van der Waals surface area contributed by atoms with Crippen LogP contribution in [0.5, 0.6) is 0 Å². The minimum atomic E-state index is -0.833. The van der Waals surface area contributed by atoms with Gasteiger partial charge in [-0.25, -0.2) is 4.39 Å². The Kier molecular flexibility index (Phi) is 5.55. The van der Waals surface area contributed by atoms with E-state index in [-0.39, 0.29) is 29.2 Å². The van der Waals surface area contributed by atoms with Crippen LogP contribution in [-0.4, -0.2) is 47.4 Å². The van der Waals surface area contributed by atoms with Gasteiger partial charge < -0.3 is 10.2 Å². The van der Waals surface area contributed by atoms with E-state index in [0.29, 0.717) is 17.9 Å². The molecule has 2 bridgehead atoms. The number of hydrogen-bond acceptors (Lipinski definition) is 4. The molecule has 2 N–H and O–H groups in total. The van der Waals surface area contributed by atoms with E-state index >= 15 is 0 Å². The number of likely N-dealkylation sites (tertiary alicyclic amines) is 1. The van der Waals surface area contributed by atoms with Crippen LogP contribution in [0.25, 0.3) is 0 Å². The van der Waals surface area contributed by atoms with E-state index in [1.54, 1.807) is 4.90 Å². The second-order valence-corrected chi connectivity index (χ2v) is 8.75. The number of rotatable bonds is 5. The van der Waals surface area contributed by atoms with Crippen molar-refractivity contribution in [3.63, 3.8) is 0 Å². The third kappa shape index (κ3) is 4.27. The van der Waals surface area contributed by atoms with Gasteiger partial charge in [0.25, 0.3) is 11.8 Å². The summed E-state index contributed by atoms with van der Waals surface area (Å²) in [5, 5.41) is 16.0. The normalized spacial score (nSPS) is 29.3.